The van der Waals surface area contributed by atoms with E-state index in [1.807, 2.05) is 18.7 Å². The van der Waals surface area contributed by atoms with E-state index in [1.54, 1.807) is 12.1 Å². The second kappa shape index (κ2) is 7.21. The van der Waals surface area contributed by atoms with Crippen molar-refractivity contribution in [2.75, 3.05) is 11.4 Å². The zero-order chi connectivity index (χ0) is 19.8. The molecule has 1 saturated carbocycles. The zero-order valence-corrected chi connectivity index (χ0v) is 15.9. The topological polar surface area (TPSA) is 114 Å². The molecule has 2 fully saturated rings. The summed E-state index contributed by atoms with van der Waals surface area (Å²) in [5, 5.41) is 18.7. The van der Waals surface area contributed by atoms with E-state index in [2.05, 4.69) is 15.5 Å². The first-order valence-corrected chi connectivity index (χ1v) is 9.63. The van der Waals surface area contributed by atoms with Gasteiger partial charge in [-0.25, -0.2) is 0 Å². The van der Waals surface area contributed by atoms with Gasteiger partial charge in [0.15, 0.2) is 5.82 Å². The van der Waals surface area contributed by atoms with Gasteiger partial charge >= 0.3 is 0 Å². The molecule has 1 aliphatic heterocycles. The van der Waals surface area contributed by atoms with Gasteiger partial charge in [0, 0.05) is 30.1 Å². The number of nitro groups is 1. The molecular formula is C19H23N5O4. The van der Waals surface area contributed by atoms with Crippen molar-refractivity contribution in [2.24, 2.45) is 0 Å². The number of aromatic nitrogens is 2. The molecule has 0 bridgehead atoms. The minimum atomic E-state index is -0.436. The van der Waals surface area contributed by atoms with Gasteiger partial charge in [0.25, 0.3) is 11.6 Å². The molecule has 1 amide bonds. The Morgan fingerprint density at radius 1 is 1.36 bits per heavy atom. The first-order valence-electron chi connectivity index (χ1n) is 9.63. The number of anilines is 1. The molecule has 1 aromatic heterocycles. The predicted octanol–water partition coefficient (Wildman–Crippen LogP) is 3.33. The molecule has 9 nitrogen and oxygen atoms in total. The van der Waals surface area contributed by atoms with E-state index in [9.17, 15) is 14.9 Å². The molecule has 1 unspecified atom stereocenters. The first-order chi connectivity index (χ1) is 13.4. The Morgan fingerprint density at radius 3 is 2.79 bits per heavy atom. The van der Waals surface area contributed by atoms with Gasteiger partial charge in [-0.05, 0) is 37.8 Å². The van der Waals surface area contributed by atoms with Gasteiger partial charge < -0.3 is 14.7 Å². The summed E-state index contributed by atoms with van der Waals surface area (Å²) in [7, 11) is 0. The molecule has 1 aromatic carbocycles. The van der Waals surface area contributed by atoms with Crippen molar-refractivity contribution in [3.05, 3.63) is 45.6 Å². The van der Waals surface area contributed by atoms with Crippen LogP contribution in [0, 0.1) is 10.1 Å². The van der Waals surface area contributed by atoms with E-state index in [0.29, 0.717) is 29.5 Å². The molecular weight excluding hydrogens is 362 g/mol. The number of hydrogen-bond acceptors (Lipinski definition) is 7. The van der Waals surface area contributed by atoms with Gasteiger partial charge in [-0.2, -0.15) is 4.98 Å². The van der Waals surface area contributed by atoms with Gasteiger partial charge in [0.2, 0.25) is 5.89 Å². The fourth-order valence-electron chi connectivity index (χ4n) is 3.49. The van der Waals surface area contributed by atoms with Crippen molar-refractivity contribution in [1.82, 2.24) is 15.5 Å². The maximum Gasteiger partial charge on any atom is 0.293 e. The second-order valence-corrected chi connectivity index (χ2v) is 7.71. The van der Waals surface area contributed by atoms with Crippen LogP contribution >= 0.6 is 0 Å². The molecule has 2 aromatic rings. The number of nitro benzene ring substituents is 1. The van der Waals surface area contributed by atoms with Crippen molar-refractivity contribution in [3.8, 4) is 0 Å². The summed E-state index contributed by atoms with van der Waals surface area (Å²) >= 11 is 0. The number of hydrogen-bond donors (Lipinski definition) is 1. The lowest BCUT2D eigenvalue weighted by molar-refractivity contribution is -0.384. The number of nitrogens with one attached hydrogen (secondary N) is 1. The van der Waals surface area contributed by atoms with Crippen LogP contribution in [0.3, 0.4) is 0 Å². The smallest absolute Gasteiger partial charge is 0.293 e. The van der Waals surface area contributed by atoms with Crippen LogP contribution in [0.5, 0.6) is 0 Å². The molecule has 9 heteroatoms. The van der Waals surface area contributed by atoms with Crippen LogP contribution in [0.25, 0.3) is 0 Å². The summed E-state index contributed by atoms with van der Waals surface area (Å²) < 4.78 is 5.32. The highest BCUT2D eigenvalue weighted by Gasteiger charge is 2.34. The lowest BCUT2D eigenvalue weighted by Crippen LogP contribution is -2.27. The average Bonchev–Trinajstić information content (AvgIpc) is 3.15. The molecule has 4 rings (SSSR count). The fourth-order valence-corrected chi connectivity index (χ4v) is 3.49. The van der Waals surface area contributed by atoms with Gasteiger partial charge in [-0.3, -0.25) is 14.9 Å². The van der Waals surface area contributed by atoms with Gasteiger partial charge in [0.05, 0.1) is 11.0 Å². The van der Waals surface area contributed by atoms with E-state index in [4.69, 9.17) is 4.52 Å². The van der Waals surface area contributed by atoms with E-state index < -0.39 is 4.92 Å². The molecule has 28 heavy (non-hydrogen) atoms. The molecule has 2 heterocycles. The highest BCUT2D eigenvalue weighted by atomic mass is 16.6. The van der Waals surface area contributed by atoms with E-state index in [-0.39, 0.29) is 29.6 Å². The Morgan fingerprint density at radius 2 is 2.14 bits per heavy atom. The molecule has 1 N–H and O–H groups in total. The van der Waals surface area contributed by atoms with E-state index >= 15 is 0 Å². The standard InChI is InChI=1S/C19H23N5O4/c1-11(2)19-21-17(22-28-19)15-4-3-9-23(15)14-8-5-12(10-16(14)24(26)27)18(25)20-13-6-7-13/h5,8,10-11,13,15H,3-4,6-7,9H2,1-2H3,(H,20,25). The van der Waals surface area contributed by atoms with Crippen molar-refractivity contribution < 1.29 is 14.2 Å². The normalized spacial score (nSPS) is 19.2. The van der Waals surface area contributed by atoms with Crippen LogP contribution in [0.1, 0.15) is 73.6 Å². The van der Waals surface area contributed by atoms with E-state index in [0.717, 1.165) is 25.7 Å². The minimum absolute atomic E-state index is 0.0806. The van der Waals surface area contributed by atoms with Crippen LogP contribution < -0.4 is 10.2 Å². The highest BCUT2D eigenvalue weighted by molar-refractivity contribution is 5.96. The molecule has 2 aliphatic rings. The van der Waals surface area contributed by atoms with Crippen LogP contribution in [0.4, 0.5) is 11.4 Å². The Bertz CT molecular complexity index is 905. The monoisotopic (exact) mass is 385 g/mol. The quantitative estimate of drug-likeness (QED) is 0.599. The molecule has 0 spiro atoms. The van der Waals surface area contributed by atoms with Gasteiger partial charge in [-0.1, -0.05) is 19.0 Å². The highest BCUT2D eigenvalue weighted by Crippen LogP contribution is 2.40. The van der Waals surface area contributed by atoms with Crippen molar-refractivity contribution in [2.45, 2.75) is 57.5 Å². The third kappa shape index (κ3) is 3.56. The van der Waals surface area contributed by atoms with Crippen LogP contribution in [0.2, 0.25) is 0 Å². The lowest BCUT2D eigenvalue weighted by atomic mass is 10.1. The molecule has 1 aliphatic carbocycles. The van der Waals surface area contributed by atoms with Crippen molar-refractivity contribution in [1.29, 1.82) is 0 Å². The van der Waals surface area contributed by atoms with Gasteiger partial charge in [0.1, 0.15) is 5.69 Å². The van der Waals surface area contributed by atoms with Crippen LogP contribution in [-0.4, -0.2) is 33.6 Å². The maximum atomic E-state index is 12.3. The molecule has 1 saturated heterocycles. The average molecular weight is 385 g/mol. The number of rotatable bonds is 6. The molecule has 148 valence electrons. The lowest BCUT2D eigenvalue weighted by Gasteiger charge is -2.24. The third-order valence-corrected chi connectivity index (χ3v) is 5.16. The molecule has 1 atom stereocenters. The number of nitrogens with zero attached hydrogens (tertiary/aromatic N) is 4. The van der Waals surface area contributed by atoms with Crippen LogP contribution in [-0.2, 0) is 0 Å². The van der Waals surface area contributed by atoms with Crippen LogP contribution in [0.15, 0.2) is 22.7 Å². The summed E-state index contributed by atoms with van der Waals surface area (Å²) in [4.78, 5) is 30.0. The Hall–Kier alpha value is -2.97. The van der Waals surface area contributed by atoms with E-state index in [1.165, 1.54) is 6.07 Å². The largest absolute Gasteiger partial charge is 0.356 e. The third-order valence-electron chi connectivity index (χ3n) is 5.16. The number of benzene rings is 1. The number of carbonyl (C=O) groups excluding carboxylic acids is 1. The van der Waals surface area contributed by atoms with Crippen molar-refractivity contribution in [3.63, 3.8) is 0 Å². The summed E-state index contributed by atoms with van der Waals surface area (Å²) in [6.07, 6.45) is 3.59. The number of amides is 1. The molecule has 0 radical (unpaired) electrons. The minimum Gasteiger partial charge on any atom is -0.356 e. The first kappa shape index (κ1) is 18.4. The summed E-state index contributed by atoms with van der Waals surface area (Å²) in [5.74, 6) is 0.957. The Kier molecular flexibility index (Phi) is 4.74. The Balaban J connectivity index is 1.64. The Labute approximate surface area is 162 Å². The SMILES string of the molecule is CC(C)c1nc(C2CCCN2c2ccc(C(=O)NC3CC3)cc2[N+](=O)[O-])no1. The second-order valence-electron chi connectivity index (χ2n) is 7.71. The van der Waals surface area contributed by atoms with Gasteiger partial charge in [-0.15, -0.1) is 0 Å². The van der Waals surface area contributed by atoms with Crippen molar-refractivity contribution >= 4 is 17.3 Å². The summed E-state index contributed by atoms with van der Waals surface area (Å²) in [6, 6.07) is 4.68. The summed E-state index contributed by atoms with van der Waals surface area (Å²) in [5.41, 5.74) is 0.703. The fraction of sp³-hybridized carbons (Fsp3) is 0.526. The zero-order valence-electron chi connectivity index (χ0n) is 15.9. The number of carbonyl (C=O) groups is 1. The predicted molar refractivity (Wildman–Crippen MR) is 101 cm³/mol. The summed E-state index contributed by atoms with van der Waals surface area (Å²) in [6.45, 7) is 4.60. The maximum absolute atomic E-state index is 12.3.